The van der Waals surface area contributed by atoms with Crippen LogP contribution in [0.15, 0.2) is 48.5 Å². The summed E-state index contributed by atoms with van der Waals surface area (Å²) in [7, 11) is 0. The number of benzene rings is 2. The molecule has 0 aliphatic carbocycles. The Morgan fingerprint density at radius 3 is 2.41 bits per heavy atom. The second-order valence-electron chi connectivity index (χ2n) is 5.66. The van der Waals surface area contributed by atoms with Crippen molar-refractivity contribution in [2.45, 2.75) is 13.1 Å². The molecule has 0 fully saturated rings. The minimum Gasteiger partial charge on any atom is -0.341 e. The second-order valence-corrected chi connectivity index (χ2v) is 7.80. The summed E-state index contributed by atoms with van der Waals surface area (Å²) in [5.74, 6) is -0.728. The number of carbonyl (C=O) groups excluding carboxylic acids is 1. The standard InChI is InChI=1S/C18H16ClF3N2OS2/c1-11(10-27-17(26)23-13-8-6-12(19)7-9-13)16(25)24-15-5-3-2-4-14(15)18(20,21)22/h2-9,11H,10H2,1H3,(H,23,26)(H,24,25). The van der Waals surface area contributed by atoms with Gasteiger partial charge in [0, 0.05) is 22.4 Å². The topological polar surface area (TPSA) is 41.1 Å². The molecule has 0 aliphatic rings. The van der Waals surface area contributed by atoms with E-state index in [0.717, 1.165) is 11.8 Å². The van der Waals surface area contributed by atoms with Gasteiger partial charge in [0.1, 0.15) is 4.32 Å². The van der Waals surface area contributed by atoms with Crippen LogP contribution in [-0.2, 0) is 11.0 Å². The van der Waals surface area contributed by atoms with E-state index in [-0.39, 0.29) is 5.69 Å². The Balaban J connectivity index is 1.89. The van der Waals surface area contributed by atoms with Gasteiger partial charge in [-0.2, -0.15) is 13.2 Å². The van der Waals surface area contributed by atoms with Gasteiger partial charge in [-0.05, 0) is 36.4 Å². The lowest BCUT2D eigenvalue weighted by molar-refractivity contribution is -0.137. The van der Waals surface area contributed by atoms with E-state index in [1.807, 2.05) is 0 Å². The Hall–Kier alpha value is -1.77. The molecule has 0 heterocycles. The summed E-state index contributed by atoms with van der Waals surface area (Å²) in [6.45, 7) is 1.63. The summed E-state index contributed by atoms with van der Waals surface area (Å²) < 4.78 is 39.4. The zero-order chi connectivity index (χ0) is 20.0. The van der Waals surface area contributed by atoms with Gasteiger partial charge in [-0.25, -0.2) is 0 Å². The van der Waals surface area contributed by atoms with Crippen LogP contribution in [0.3, 0.4) is 0 Å². The molecule has 144 valence electrons. The monoisotopic (exact) mass is 432 g/mol. The van der Waals surface area contributed by atoms with Gasteiger partial charge in [-0.1, -0.05) is 54.6 Å². The first-order chi connectivity index (χ1) is 12.7. The zero-order valence-electron chi connectivity index (χ0n) is 14.1. The van der Waals surface area contributed by atoms with Gasteiger partial charge in [0.15, 0.2) is 0 Å². The molecule has 0 saturated carbocycles. The molecule has 27 heavy (non-hydrogen) atoms. The molecule has 0 bridgehead atoms. The van der Waals surface area contributed by atoms with Gasteiger partial charge >= 0.3 is 6.18 Å². The van der Waals surface area contributed by atoms with E-state index in [1.165, 1.54) is 30.0 Å². The molecule has 1 unspecified atom stereocenters. The lowest BCUT2D eigenvalue weighted by atomic mass is 10.1. The van der Waals surface area contributed by atoms with E-state index in [9.17, 15) is 18.0 Å². The first-order valence-corrected chi connectivity index (χ1v) is 9.60. The molecule has 0 radical (unpaired) electrons. The van der Waals surface area contributed by atoms with Gasteiger partial charge in [-0.3, -0.25) is 4.79 Å². The third-order valence-electron chi connectivity index (χ3n) is 3.49. The van der Waals surface area contributed by atoms with Crippen molar-refractivity contribution in [1.82, 2.24) is 0 Å². The highest BCUT2D eigenvalue weighted by Crippen LogP contribution is 2.34. The quantitative estimate of drug-likeness (QED) is 0.563. The first-order valence-electron chi connectivity index (χ1n) is 7.83. The number of nitrogens with one attached hydrogen (secondary N) is 2. The summed E-state index contributed by atoms with van der Waals surface area (Å²) >= 11 is 12.3. The molecule has 0 spiro atoms. The fourth-order valence-electron chi connectivity index (χ4n) is 2.06. The van der Waals surface area contributed by atoms with Gasteiger partial charge in [0.2, 0.25) is 5.91 Å². The Kier molecular flexibility index (Phi) is 7.52. The Bertz CT molecular complexity index is 813. The van der Waals surface area contributed by atoms with Crippen LogP contribution in [0.4, 0.5) is 24.5 Å². The molecular formula is C18H16ClF3N2OS2. The SMILES string of the molecule is CC(CSC(=S)Nc1ccc(Cl)cc1)C(=O)Nc1ccccc1C(F)(F)F. The average Bonchev–Trinajstić information content (AvgIpc) is 2.61. The van der Waals surface area contributed by atoms with Crippen molar-refractivity contribution < 1.29 is 18.0 Å². The van der Waals surface area contributed by atoms with Gasteiger partial charge in [0.05, 0.1) is 11.3 Å². The predicted molar refractivity (Wildman–Crippen MR) is 109 cm³/mol. The van der Waals surface area contributed by atoms with Crippen LogP contribution in [0, 0.1) is 5.92 Å². The van der Waals surface area contributed by atoms with E-state index in [4.69, 9.17) is 23.8 Å². The van der Waals surface area contributed by atoms with E-state index >= 15 is 0 Å². The highest BCUT2D eigenvalue weighted by atomic mass is 35.5. The maximum absolute atomic E-state index is 13.0. The van der Waals surface area contributed by atoms with Crippen LogP contribution in [0.2, 0.25) is 5.02 Å². The van der Waals surface area contributed by atoms with Crippen LogP contribution in [0.1, 0.15) is 12.5 Å². The minimum atomic E-state index is -4.54. The molecule has 0 saturated heterocycles. The lowest BCUT2D eigenvalue weighted by Crippen LogP contribution is -2.24. The summed E-state index contributed by atoms with van der Waals surface area (Å²) in [5.41, 5.74) is -0.375. The number of thioether (sulfide) groups is 1. The van der Waals surface area contributed by atoms with Crippen LogP contribution in [0.5, 0.6) is 0 Å². The maximum Gasteiger partial charge on any atom is 0.418 e. The highest BCUT2D eigenvalue weighted by molar-refractivity contribution is 8.23. The van der Waals surface area contributed by atoms with Crippen LogP contribution >= 0.6 is 35.6 Å². The molecule has 1 atom stereocenters. The van der Waals surface area contributed by atoms with Crippen molar-refractivity contribution in [3.8, 4) is 0 Å². The van der Waals surface area contributed by atoms with Gasteiger partial charge in [-0.15, -0.1) is 0 Å². The predicted octanol–water partition coefficient (Wildman–Crippen LogP) is 6.06. The third-order valence-corrected chi connectivity index (χ3v) is 5.23. The number of amides is 1. The molecular weight excluding hydrogens is 417 g/mol. The summed E-state index contributed by atoms with van der Waals surface area (Å²) in [6.07, 6.45) is -4.54. The zero-order valence-corrected chi connectivity index (χ0v) is 16.5. The normalized spacial score (nSPS) is 12.3. The van der Waals surface area contributed by atoms with Crippen molar-refractivity contribution in [1.29, 1.82) is 0 Å². The fourth-order valence-corrected chi connectivity index (χ4v) is 3.25. The first kappa shape index (κ1) is 21.5. The fraction of sp³-hybridized carbons (Fsp3) is 0.222. The summed E-state index contributed by atoms with van der Waals surface area (Å²) in [6, 6.07) is 11.8. The molecule has 0 aromatic heterocycles. The molecule has 1 amide bonds. The Morgan fingerprint density at radius 1 is 1.15 bits per heavy atom. The average molecular weight is 433 g/mol. The number of halogens is 4. The molecule has 2 N–H and O–H groups in total. The van der Waals surface area contributed by atoms with E-state index in [2.05, 4.69) is 10.6 Å². The van der Waals surface area contributed by atoms with E-state index in [1.54, 1.807) is 31.2 Å². The van der Waals surface area contributed by atoms with Crippen LogP contribution < -0.4 is 10.6 Å². The van der Waals surface area contributed by atoms with Crippen molar-refractivity contribution in [2.75, 3.05) is 16.4 Å². The Morgan fingerprint density at radius 2 is 1.78 bits per heavy atom. The van der Waals surface area contributed by atoms with Crippen molar-refractivity contribution >= 4 is 57.2 Å². The third kappa shape index (κ3) is 6.71. The maximum atomic E-state index is 13.0. The number of rotatable bonds is 5. The molecule has 2 aromatic carbocycles. The van der Waals surface area contributed by atoms with Crippen molar-refractivity contribution in [3.63, 3.8) is 0 Å². The number of thiocarbonyl (C=S) groups is 1. The number of carbonyl (C=O) groups is 1. The van der Waals surface area contributed by atoms with Crippen LogP contribution in [0.25, 0.3) is 0 Å². The lowest BCUT2D eigenvalue weighted by Gasteiger charge is -2.16. The van der Waals surface area contributed by atoms with E-state index in [0.29, 0.717) is 15.1 Å². The molecule has 9 heteroatoms. The van der Waals surface area contributed by atoms with Gasteiger partial charge in [0.25, 0.3) is 0 Å². The minimum absolute atomic E-state index is 0.256. The molecule has 2 aromatic rings. The van der Waals surface area contributed by atoms with E-state index < -0.39 is 23.6 Å². The molecule has 2 rings (SSSR count). The largest absolute Gasteiger partial charge is 0.418 e. The number of para-hydroxylation sites is 1. The number of hydrogen-bond donors (Lipinski definition) is 2. The number of hydrogen-bond acceptors (Lipinski definition) is 3. The van der Waals surface area contributed by atoms with Crippen molar-refractivity contribution in [3.05, 3.63) is 59.1 Å². The Labute approximate surface area is 169 Å². The molecule has 0 aliphatic heterocycles. The number of anilines is 2. The van der Waals surface area contributed by atoms with Crippen molar-refractivity contribution in [2.24, 2.45) is 5.92 Å². The number of alkyl halides is 3. The van der Waals surface area contributed by atoms with Crippen LogP contribution in [-0.4, -0.2) is 16.0 Å². The smallest absolute Gasteiger partial charge is 0.341 e. The summed E-state index contributed by atoms with van der Waals surface area (Å²) in [4.78, 5) is 12.2. The second kappa shape index (κ2) is 9.43. The molecule has 3 nitrogen and oxygen atoms in total. The van der Waals surface area contributed by atoms with Gasteiger partial charge < -0.3 is 10.6 Å². The summed E-state index contributed by atoms with van der Waals surface area (Å²) in [5, 5.41) is 5.94. The highest BCUT2D eigenvalue weighted by Gasteiger charge is 2.33.